The maximum atomic E-state index is 11.8. The van der Waals surface area contributed by atoms with E-state index in [0.717, 1.165) is 0 Å². The Bertz CT molecular complexity index is 674. The lowest BCUT2D eigenvalue weighted by molar-refractivity contribution is -0.116. The molecule has 0 saturated heterocycles. The number of aromatic nitrogens is 3. The SMILES string of the molecule is COC(C)CCC(=O)Nc1ccn2c(=O)n(C)nc2c1. The average molecular weight is 278 g/mol. The lowest BCUT2D eigenvalue weighted by atomic mass is 10.2. The zero-order valence-corrected chi connectivity index (χ0v) is 11.8. The van der Waals surface area contributed by atoms with Crippen molar-refractivity contribution in [2.75, 3.05) is 12.4 Å². The molecule has 0 aliphatic carbocycles. The highest BCUT2D eigenvalue weighted by Gasteiger charge is 2.08. The molecule has 0 aromatic carbocycles. The largest absolute Gasteiger partial charge is 0.382 e. The van der Waals surface area contributed by atoms with E-state index in [1.165, 1.54) is 9.08 Å². The van der Waals surface area contributed by atoms with Gasteiger partial charge in [0.2, 0.25) is 5.91 Å². The van der Waals surface area contributed by atoms with Gasteiger partial charge >= 0.3 is 5.69 Å². The molecule has 0 aliphatic heterocycles. The average Bonchev–Trinajstić information content (AvgIpc) is 2.71. The first-order valence-electron chi connectivity index (χ1n) is 6.39. The highest BCUT2D eigenvalue weighted by Crippen LogP contribution is 2.10. The molecule has 0 spiro atoms. The zero-order valence-electron chi connectivity index (χ0n) is 11.8. The Kier molecular flexibility index (Phi) is 4.19. The van der Waals surface area contributed by atoms with Crippen LogP contribution in [0.4, 0.5) is 5.69 Å². The Labute approximate surface area is 116 Å². The number of pyridine rings is 1. The summed E-state index contributed by atoms with van der Waals surface area (Å²) in [6.07, 6.45) is 2.69. The van der Waals surface area contributed by atoms with E-state index in [1.54, 1.807) is 32.5 Å². The summed E-state index contributed by atoms with van der Waals surface area (Å²) >= 11 is 0. The lowest BCUT2D eigenvalue weighted by Crippen LogP contribution is -2.18. The summed E-state index contributed by atoms with van der Waals surface area (Å²) < 4.78 is 7.76. The van der Waals surface area contributed by atoms with E-state index in [0.29, 0.717) is 24.2 Å². The normalized spacial score (nSPS) is 12.6. The van der Waals surface area contributed by atoms with Crippen LogP contribution >= 0.6 is 0 Å². The second-order valence-corrected chi connectivity index (χ2v) is 4.68. The number of ether oxygens (including phenoxy) is 1. The van der Waals surface area contributed by atoms with Crippen molar-refractivity contribution in [1.82, 2.24) is 14.2 Å². The van der Waals surface area contributed by atoms with Gasteiger partial charge in [-0.3, -0.25) is 9.20 Å². The van der Waals surface area contributed by atoms with E-state index in [4.69, 9.17) is 4.74 Å². The van der Waals surface area contributed by atoms with E-state index in [-0.39, 0.29) is 17.7 Å². The molecule has 2 heterocycles. The molecular weight excluding hydrogens is 260 g/mol. The minimum Gasteiger partial charge on any atom is -0.382 e. The fourth-order valence-corrected chi connectivity index (χ4v) is 1.83. The van der Waals surface area contributed by atoms with Crippen LogP contribution in [0.25, 0.3) is 5.65 Å². The number of carbonyl (C=O) groups excluding carboxylic acids is 1. The molecular formula is C13H18N4O3. The molecule has 0 radical (unpaired) electrons. The fraction of sp³-hybridized carbons (Fsp3) is 0.462. The third kappa shape index (κ3) is 3.05. The molecule has 2 rings (SSSR count). The number of amides is 1. The summed E-state index contributed by atoms with van der Waals surface area (Å²) in [7, 11) is 3.20. The summed E-state index contributed by atoms with van der Waals surface area (Å²) in [6, 6.07) is 3.34. The van der Waals surface area contributed by atoms with Crippen molar-refractivity contribution >= 4 is 17.2 Å². The number of hydrogen-bond acceptors (Lipinski definition) is 4. The van der Waals surface area contributed by atoms with Gasteiger partial charge in [-0.1, -0.05) is 0 Å². The van der Waals surface area contributed by atoms with Crippen LogP contribution in [-0.4, -0.2) is 33.3 Å². The van der Waals surface area contributed by atoms with Crippen LogP contribution in [0.1, 0.15) is 19.8 Å². The minimum absolute atomic E-state index is 0.0533. The maximum Gasteiger partial charge on any atom is 0.350 e. The molecule has 1 atom stereocenters. The van der Waals surface area contributed by atoms with Crippen LogP contribution in [0, 0.1) is 0 Å². The van der Waals surface area contributed by atoms with Crippen molar-refractivity contribution in [1.29, 1.82) is 0 Å². The number of rotatable bonds is 5. The first-order chi connectivity index (χ1) is 9.51. The third-order valence-electron chi connectivity index (χ3n) is 3.13. The van der Waals surface area contributed by atoms with E-state index in [1.807, 2.05) is 6.92 Å². The minimum atomic E-state index is -0.216. The van der Waals surface area contributed by atoms with Crippen molar-refractivity contribution in [3.8, 4) is 0 Å². The van der Waals surface area contributed by atoms with Gasteiger partial charge in [0.15, 0.2) is 5.65 Å². The van der Waals surface area contributed by atoms with Crippen molar-refractivity contribution in [3.63, 3.8) is 0 Å². The Morgan fingerprint density at radius 3 is 3.00 bits per heavy atom. The van der Waals surface area contributed by atoms with E-state index in [2.05, 4.69) is 10.4 Å². The van der Waals surface area contributed by atoms with Crippen LogP contribution < -0.4 is 11.0 Å². The van der Waals surface area contributed by atoms with Crippen molar-refractivity contribution < 1.29 is 9.53 Å². The van der Waals surface area contributed by atoms with Crippen molar-refractivity contribution in [2.24, 2.45) is 7.05 Å². The Hall–Kier alpha value is -2.15. The second-order valence-electron chi connectivity index (χ2n) is 4.68. The fourth-order valence-electron chi connectivity index (χ4n) is 1.83. The molecule has 0 saturated carbocycles. The number of nitrogens with zero attached hydrogens (tertiary/aromatic N) is 3. The van der Waals surface area contributed by atoms with Crippen molar-refractivity contribution in [2.45, 2.75) is 25.9 Å². The van der Waals surface area contributed by atoms with Gasteiger partial charge in [-0.25, -0.2) is 9.48 Å². The van der Waals surface area contributed by atoms with Gasteiger partial charge in [0, 0.05) is 38.5 Å². The molecule has 0 bridgehead atoms. The summed E-state index contributed by atoms with van der Waals surface area (Å²) in [5, 5.41) is 6.85. The van der Waals surface area contributed by atoms with Gasteiger partial charge in [-0.2, -0.15) is 5.10 Å². The van der Waals surface area contributed by atoms with E-state index < -0.39 is 0 Å². The zero-order chi connectivity index (χ0) is 14.7. The van der Waals surface area contributed by atoms with E-state index in [9.17, 15) is 9.59 Å². The summed E-state index contributed by atoms with van der Waals surface area (Å²) in [6.45, 7) is 1.92. The highest BCUT2D eigenvalue weighted by atomic mass is 16.5. The first-order valence-corrected chi connectivity index (χ1v) is 6.39. The predicted octanol–water partition coefficient (Wildman–Crippen LogP) is 0.787. The van der Waals surface area contributed by atoms with Gasteiger partial charge in [-0.15, -0.1) is 0 Å². The maximum absolute atomic E-state index is 11.8. The molecule has 0 fully saturated rings. The topological polar surface area (TPSA) is 77.6 Å². The third-order valence-corrected chi connectivity index (χ3v) is 3.13. The second kappa shape index (κ2) is 5.87. The quantitative estimate of drug-likeness (QED) is 0.877. The monoisotopic (exact) mass is 278 g/mol. The Morgan fingerprint density at radius 2 is 2.30 bits per heavy atom. The Morgan fingerprint density at radius 1 is 1.55 bits per heavy atom. The molecule has 1 N–H and O–H groups in total. The molecule has 2 aromatic rings. The van der Waals surface area contributed by atoms with Gasteiger partial charge in [-0.05, 0) is 19.4 Å². The molecule has 1 unspecified atom stereocenters. The number of fused-ring (bicyclic) bond motifs is 1. The standard InChI is InChI=1S/C13H18N4O3/c1-9(20-3)4-5-12(18)14-10-6-7-17-11(8-10)15-16(2)13(17)19/h6-9H,4-5H2,1-3H3,(H,14,18). The molecule has 108 valence electrons. The molecule has 7 nitrogen and oxygen atoms in total. The summed E-state index contributed by atoms with van der Waals surface area (Å²) in [5.41, 5.74) is 0.908. The van der Waals surface area contributed by atoms with Crippen LogP contribution in [0.5, 0.6) is 0 Å². The van der Waals surface area contributed by atoms with Gasteiger partial charge in [0.05, 0.1) is 6.10 Å². The van der Waals surface area contributed by atoms with E-state index >= 15 is 0 Å². The lowest BCUT2D eigenvalue weighted by Gasteiger charge is -2.09. The van der Waals surface area contributed by atoms with Gasteiger partial charge in [0.25, 0.3) is 0 Å². The number of hydrogen-bond donors (Lipinski definition) is 1. The molecule has 2 aromatic heterocycles. The molecule has 20 heavy (non-hydrogen) atoms. The smallest absolute Gasteiger partial charge is 0.350 e. The van der Waals surface area contributed by atoms with Crippen molar-refractivity contribution in [3.05, 3.63) is 28.8 Å². The number of methoxy groups -OCH3 is 1. The molecule has 1 amide bonds. The highest BCUT2D eigenvalue weighted by molar-refractivity contribution is 5.91. The predicted molar refractivity (Wildman–Crippen MR) is 74.8 cm³/mol. The Balaban J connectivity index is 2.06. The number of aryl methyl sites for hydroxylation is 1. The number of nitrogens with one attached hydrogen (secondary N) is 1. The van der Waals surface area contributed by atoms with Crippen LogP contribution in [0.15, 0.2) is 23.1 Å². The van der Waals surface area contributed by atoms with Crippen LogP contribution in [-0.2, 0) is 16.6 Å². The number of anilines is 1. The first kappa shape index (κ1) is 14.3. The summed E-state index contributed by atoms with van der Waals surface area (Å²) in [4.78, 5) is 23.4. The van der Waals surface area contributed by atoms with Crippen LogP contribution in [0.2, 0.25) is 0 Å². The summed E-state index contributed by atoms with van der Waals surface area (Å²) in [5.74, 6) is -0.0865. The number of carbonyl (C=O) groups is 1. The van der Waals surface area contributed by atoms with Crippen LogP contribution in [0.3, 0.4) is 0 Å². The molecule has 7 heteroatoms. The van der Waals surface area contributed by atoms with Gasteiger partial charge < -0.3 is 10.1 Å². The molecule has 0 aliphatic rings. The van der Waals surface area contributed by atoms with Gasteiger partial charge in [0.1, 0.15) is 0 Å².